The van der Waals surface area contributed by atoms with Crippen LogP contribution in [0.1, 0.15) is 46.0 Å². The van der Waals surface area contributed by atoms with Crippen LogP contribution < -0.4 is 5.73 Å². The fraction of sp³-hybridized carbons (Fsp3) is 1.00. The number of nitrogens with two attached hydrogens (primary N) is 1. The van der Waals surface area contributed by atoms with E-state index in [-0.39, 0.29) is 18.4 Å². The van der Waals surface area contributed by atoms with Crippen LogP contribution >= 0.6 is 0 Å². The monoisotopic (exact) mass is 245 g/mol. The molecule has 2 N–H and O–H groups in total. The minimum atomic E-state index is -0.250. The fourth-order valence-electron chi connectivity index (χ4n) is 2.23. The van der Waals surface area contributed by atoms with Crippen molar-refractivity contribution in [3.63, 3.8) is 0 Å². The van der Waals surface area contributed by atoms with Crippen molar-refractivity contribution in [2.24, 2.45) is 5.73 Å². The number of hydrogen-bond acceptors (Lipinski definition) is 4. The maximum atomic E-state index is 6.11. The van der Waals surface area contributed by atoms with E-state index in [0.29, 0.717) is 19.8 Å². The van der Waals surface area contributed by atoms with Crippen molar-refractivity contribution in [1.82, 2.24) is 0 Å². The first kappa shape index (κ1) is 14.9. The lowest BCUT2D eigenvalue weighted by Gasteiger charge is -2.25. The summed E-state index contributed by atoms with van der Waals surface area (Å²) >= 11 is 0. The molecule has 4 heteroatoms. The minimum absolute atomic E-state index is 0.168. The van der Waals surface area contributed by atoms with Crippen molar-refractivity contribution in [2.45, 2.75) is 64.4 Å². The van der Waals surface area contributed by atoms with Crippen LogP contribution in [0.2, 0.25) is 0 Å². The van der Waals surface area contributed by atoms with Crippen LogP contribution in [0.4, 0.5) is 0 Å². The Balaban J connectivity index is 2.29. The third-order valence-corrected chi connectivity index (χ3v) is 3.16. The Morgan fingerprint density at radius 1 is 1.06 bits per heavy atom. The summed E-state index contributed by atoms with van der Waals surface area (Å²) < 4.78 is 16.8. The van der Waals surface area contributed by atoms with Gasteiger partial charge >= 0.3 is 0 Å². The highest BCUT2D eigenvalue weighted by Crippen LogP contribution is 2.19. The highest BCUT2D eigenvalue weighted by molar-refractivity contribution is 4.77. The largest absolute Gasteiger partial charge is 0.371 e. The van der Waals surface area contributed by atoms with Crippen LogP contribution in [-0.4, -0.2) is 38.3 Å². The van der Waals surface area contributed by atoms with Crippen molar-refractivity contribution in [1.29, 1.82) is 0 Å². The molecule has 1 rings (SSSR count). The van der Waals surface area contributed by atoms with Gasteiger partial charge in [-0.2, -0.15) is 0 Å². The number of ether oxygens (including phenoxy) is 3. The molecule has 0 heterocycles. The van der Waals surface area contributed by atoms with Crippen LogP contribution in [-0.2, 0) is 14.2 Å². The van der Waals surface area contributed by atoms with Crippen LogP contribution in [0.25, 0.3) is 0 Å². The molecule has 2 unspecified atom stereocenters. The molecule has 1 aliphatic rings. The summed E-state index contributed by atoms with van der Waals surface area (Å²) in [4.78, 5) is 0. The van der Waals surface area contributed by atoms with Gasteiger partial charge in [-0.3, -0.25) is 0 Å². The molecular formula is C13H27NO3. The summed E-state index contributed by atoms with van der Waals surface area (Å²) in [6.45, 7) is 5.70. The second-order valence-electron chi connectivity index (χ2n) is 4.51. The van der Waals surface area contributed by atoms with Gasteiger partial charge in [-0.05, 0) is 26.7 Å². The van der Waals surface area contributed by atoms with Gasteiger partial charge in [-0.1, -0.05) is 19.3 Å². The molecule has 1 saturated carbocycles. The highest BCUT2D eigenvalue weighted by atomic mass is 16.7. The molecular weight excluding hydrogens is 218 g/mol. The first-order valence-electron chi connectivity index (χ1n) is 6.88. The summed E-state index contributed by atoms with van der Waals surface area (Å²) in [6, 6.07) is 0.168. The van der Waals surface area contributed by atoms with Gasteiger partial charge in [0.05, 0.1) is 12.7 Å². The fourth-order valence-corrected chi connectivity index (χ4v) is 2.23. The maximum Gasteiger partial charge on any atom is 0.180 e. The van der Waals surface area contributed by atoms with Gasteiger partial charge in [0.1, 0.15) is 0 Å². The third kappa shape index (κ3) is 5.82. The predicted octanol–water partition coefficient (Wildman–Crippen LogP) is 2.06. The highest BCUT2D eigenvalue weighted by Gasteiger charge is 2.22. The first-order valence-corrected chi connectivity index (χ1v) is 6.88. The van der Waals surface area contributed by atoms with Crippen molar-refractivity contribution in [3.05, 3.63) is 0 Å². The summed E-state index contributed by atoms with van der Waals surface area (Å²) in [5.74, 6) is 0. The molecule has 0 amide bonds. The average Bonchev–Trinajstić information content (AvgIpc) is 2.52. The van der Waals surface area contributed by atoms with Crippen LogP contribution in [0.5, 0.6) is 0 Å². The Morgan fingerprint density at radius 3 is 2.35 bits per heavy atom. The van der Waals surface area contributed by atoms with Gasteiger partial charge in [0.25, 0.3) is 0 Å². The van der Waals surface area contributed by atoms with E-state index in [1.807, 2.05) is 13.8 Å². The normalized spacial score (nSPS) is 26.1. The van der Waals surface area contributed by atoms with Gasteiger partial charge in [-0.25, -0.2) is 0 Å². The molecule has 0 aromatic rings. The summed E-state index contributed by atoms with van der Waals surface area (Å²) in [5.41, 5.74) is 6.11. The lowest BCUT2D eigenvalue weighted by Crippen LogP contribution is -2.38. The van der Waals surface area contributed by atoms with E-state index in [2.05, 4.69) is 0 Å². The van der Waals surface area contributed by atoms with E-state index < -0.39 is 0 Å². The molecule has 1 fully saturated rings. The van der Waals surface area contributed by atoms with Crippen molar-refractivity contribution < 1.29 is 14.2 Å². The molecule has 4 nitrogen and oxygen atoms in total. The smallest absolute Gasteiger partial charge is 0.180 e. The van der Waals surface area contributed by atoms with Crippen molar-refractivity contribution in [2.75, 3.05) is 19.8 Å². The van der Waals surface area contributed by atoms with Crippen LogP contribution in [0.3, 0.4) is 0 Å². The average molecular weight is 245 g/mol. The Bertz CT molecular complexity index is 184. The predicted molar refractivity (Wildman–Crippen MR) is 67.8 cm³/mol. The van der Waals surface area contributed by atoms with Gasteiger partial charge in [0, 0.05) is 19.3 Å². The molecule has 0 radical (unpaired) electrons. The Morgan fingerprint density at radius 2 is 1.71 bits per heavy atom. The molecule has 17 heavy (non-hydrogen) atoms. The second kappa shape index (κ2) is 8.86. The Kier molecular flexibility index (Phi) is 7.77. The zero-order valence-electron chi connectivity index (χ0n) is 11.2. The topological polar surface area (TPSA) is 53.7 Å². The van der Waals surface area contributed by atoms with Crippen LogP contribution in [0.15, 0.2) is 0 Å². The molecule has 0 saturated heterocycles. The third-order valence-electron chi connectivity index (χ3n) is 3.16. The van der Waals surface area contributed by atoms with Gasteiger partial charge in [-0.15, -0.1) is 0 Å². The Labute approximate surface area is 105 Å². The SMILES string of the molecule is CCOC(COC1CCCCCC1N)OCC. The molecule has 2 atom stereocenters. The zero-order valence-corrected chi connectivity index (χ0v) is 11.2. The first-order chi connectivity index (χ1) is 8.27. The summed E-state index contributed by atoms with van der Waals surface area (Å²) in [7, 11) is 0. The van der Waals surface area contributed by atoms with Crippen LogP contribution in [0, 0.1) is 0 Å². The molecule has 1 aliphatic carbocycles. The van der Waals surface area contributed by atoms with Crippen molar-refractivity contribution >= 4 is 0 Å². The summed E-state index contributed by atoms with van der Waals surface area (Å²) in [5, 5.41) is 0. The molecule has 0 aromatic heterocycles. The quantitative estimate of drug-likeness (QED) is 0.551. The van der Waals surface area contributed by atoms with E-state index in [0.717, 1.165) is 12.8 Å². The number of rotatable bonds is 7. The maximum absolute atomic E-state index is 6.11. The standard InChI is InChI=1S/C13H27NO3/c1-3-15-13(16-4-2)10-17-12-9-7-5-6-8-11(12)14/h11-13H,3-10,14H2,1-2H3. The second-order valence-corrected chi connectivity index (χ2v) is 4.51. The van der Waals surface area contributed by atoms with Crippen molar-refractivity contribution in [3.8, 4) is 0 Å². The molecule has 0 spiro atoms. The van der Waals surface area contributed by atoms with E-state index >= 15 is 0 Å². The lowest BCUT2D eigenvalue weighted by atomic mass is 10.1. The van der Waals surface area contributed by atoms with Gasteiger partial charge < -0.3 is 19.9 Å². The summed E-state index contributed by atoms with van der Waals surface area (Å²) in [6.07, 6.45) is 5.76. The minimum Gasteiger partial charge on any atom is -0.371 e. The molecule has 0 bridgehead atoms. The van der Waals surface area contributed by atoms with Gasteiger partial charge in [0.2, 0.25) is 0 Å². The zero-order chi connectivity index (χ0) is 12.5. The van der Waals surface area contributed by atoms with Gasteiger partial charge in [0.15, 0.2) is 6.29 Å². The molecule has 102 valence electrons. The van der Waals surface area contributed by atoms with E-state index in [1.54, 1.807) is 0 Å². The van der Waals surface area contributed by atoms with E-state index in [1.165, 1.54) is 19.3 Å². The van der Waals surface area contributed by atoms with E-state index in [9.17, 15) is 0 Å². The molecule has 0 aliphatic heterocycles. The van der Waals surface area contributed by atoms with E-state index in [4.69, 9.17) is 19.9 Å². The lowest BCUT2D eigenvalue weighted by molar-refractivity contribution is -0.178. The number of hydrogen-bond donors (Lipinski definition) is 1. The molecule has 0 aromatic carbocycles. The Hall–Kier alpha value is -0.160.